The maximum Gasteiger partial charge on any atom is 0.0235 e. The van der Waals surface area contributed by atoms with Gasteiger partial charge in [0.15, 0.2) is 0 Å². The normalized spacial score (nSPS) is 28.7. The molecular formula is C18H27BrN2. The zero-order chi connectivity index (χ0) is 14.7. The second-order valence-electron chi connectivity index (χ2n) is 6.87. The molecule has 0 amide bonds. The summed E-state index contributed by atoms with van der Waals surface area (Å²) < 4.78 is 1.19. The molecule has 1 saturated heterocycles. The van der Waals surface area contributed by atoms with E-state index in [4.69, 9.17) is 0 Å². The van der Waals surface area contributed by atoms with Crippen LogP contribution in [0.15, 0.2) is 28.7 Å². The fraction of sp³-hybridized carbons (Fsp3) is 0.667. The number of piperazine rings is 1. The zero-order valence-corrected chi connectivity index (χ0v) is 14.7. The highest BCUT2D eigenvalue weighted by atomic mass is 79.9. The molecule has 0 N–H and O–H groups in total. The Morgan fingerprint density at radius 1 is 1.14 bits per heavy atom. The largest absolute Gasteiger partial charge is 0.298 e. The van der Waals surface area contributed by atoms with E-state index >= 15 is 0 Å². The van der Waals surface area contributed by atoms with E-state index in [-0.39, 0.29) is 0 Å². The van der Waals surface area contributed by atoms with Crippen LogP contribution < -0.4 is 0 Å². The van der Waals surface area contributed by atoms with Crippen LogP contribution in [0.1, 0.15) is 38.2 Å². The van der Waals surface area contributed by atoms with Crippen molar-refractivity contribution in [3.63, 3.8) is 0 Å². The Morgan fingerprint density at radius 3 is 2.67 bits per heavy atom. The van der Waals surface area contributed by atoms with Gasteiger partial charge in [-0.25, -0.2) is 0 Å². The minimum absolute atomic E-state index is 0.863. The van der Waals surface area contributed by atoms with E-state index in [1.54, 1.807) is 0 Å². The van der Waals surface area contributed by atoms with Crippen molar-refractivity contribution in [2.75, 3.05) is 26.2 Å². The van der Waals surface area contributed by atoms with Gasteiger partial charge in [0.05, 0.1) is 0 Å². The summed E-state index contributed by atoms with van der Waals surface area (Å²) >= 11 is 3.57. The Kier molecular flexibility index (Phi) is 5.36. The first-order valence-corrected chi connectivity index (χ1v) is 9.21. The van der Waals surface area contributed by atoms with E-state index < -0.39 is 0 Å². The van der Waals surface area contributed by atoms with Crippen molar-refractivity contribution < 1.29 is 0 Å². The maximum atomic E-state index is 3.57. The van der Waals surface area contributed by atoms with E-state index in [2.05, 4.69) is 56.9 Å². The molecule has 2 fully saturated rings. The number of nitrogens with zero attached hydrogens (tertiary/aromatic N) is 2. The van der Waals surface area contributed by atoms with Gasteiger partial charge in [0.1, 0.15) is 0 Å². The molecule has 3 heteroatoms. The predicted molar refractivity (Wildman–Crippen MR) is 92.4 cm³/mol. The van der Waals surface area contributed by atoms with Gasteiger partial charge >= 0.3 is 0 Å². The predicted octanol–water partition coefficient (Wildman–Crippen LogP) is 4.15. The van der Waals surface area contributed by atoms with Crippen LogP contribution in [0.4, 0.5) is 0 Å². The van der Waals surface area contributed by atoms with Gasteiger partial charge in [-0.3, -0.25) is 9.80 Å². The van der Waals surface area contributed by atoms with E-state index in [0.717, 1.165) is 18.5 Å². The molecule has 0 radical (unpaired) electrons. The van der Waals surface area contributed by atoms with Gasteiger partial charge in [-0.1, -0.05) is 47.8 Å². The molecular weight excluding hydrogens is 324 g/mol. The lowest BCUT2D eigenvalue weighted by Crippen LogP contribution is -2.50. The molecule has 1 aromatic carbocycles. The lowest BCUT2D eigenvalue weighted by molar-refractivity contribution is 0.0659. The Morgan fingerprint density at radius 2 is 1.95 bits per heavy atom. The third kappa shape index (κ3) is 4.30. The van der Waals surface area contributed by atoms with Crippen molar-refractivity contribution in [2.24, 2.45) is 5.92 Å². The molecule has 1 aliphatic carbocycles. The third-order valence-electron chi connectivity index (χ3n) is 5.13. The Bertz CT molecular complexity index is 454. The second-order valence-corrected chi connectivity index (χ2v) is 7.78. The van der Waals surface area contributed by atoms with Gasteiger partial charge in [0.2, 0.25) is 0 Å². The number of hydrogen-bond acceptors (Lipinski definition) is 2. The minimum atomic E-state index is 0.863. The molecule has 2 unspecified atom stereocenters. The first-order chi connectivity index (χ1) is 10.2. The molecule has 0 aromatic heterocycles. The summed E-state index contributed by atoms with van der Waals surface area (Å²) in [6.07, 6.45) is 5.73. The van der Waals surface area contributed by atoms with Crippen molar-refractivity contribution in [1.29, 1.82) is 0 Å². The molecule has 2 atom stereocenters. The fourth-order valence-corrected chi connectivity index (χ4v) is 4.36. The van der Waals surface area contributed by atoms with Gasteiger partial charge in [0.25, 0.3) is 0 Å². The zero-order valence-electron chi connectivity index (χ0n) is 13.1. The standard InChI is InChI=1S/C18H27BrN2/c1-15-4-2-7-18(12-15)21-10-8-20(9-11-21)14-16-5-3-6-17(19)13-16/h3,5-6,13,15,18H,2,4,7-12,14H2,1H3. The molecule has 116 valence electrons. The molecule has 1 heterocycles. The average molecular weight is 351 g/mol. The summed E-state index contributed by atoms with van der Waals surface area (Å²) in [6.45, 7) is 8.47. The topological polar surface area (TPSA) is 6.48 Å². The maximum absolute atomic E-state index is 3.57. The SMILES string of the molecule is CC1CCCC(N2CCN(Cc3cccc(Br)c3)CC2)C1. The van der Waals surface area contributed by atoms with E-state index in [1.807, 2.05) is 0 Å². The number of halogens is 1. The van der Waals surface area contributed by atoms with Crippen LogP contribution in [-0.4, -0.2) is 42.0 Å². The van der Waals surface area contributed by atoms with Gasteiger partial charge in [-0.2, -0.15) is 0 Å². The lowest BCUT2D eigenvalue weighted by atomic mass is 9.86. The van der Waals surface area contributed by atoms with Crippen molar-refractivity contribution >= 4 is 15.9 Å². The van der Waals surface area contributed by atoms with Gasteiger partial charge < -0.3 is 0 Å². The van der Waals surface area contributed by atoms with Crippen LogP contribution >= 0.6 is 15.9 Å². The average Bonchev–Trinajstić information content (AvgIpc) is 2.48. The monoisotopic (exact) mass is 350 g/mol. The van der Waals surface area contributed by atoms with E-state index in [1.165, 1.54) is 61.9 Å². The van der Waals surface area contributed by atoms with Gasteiger partial charge in [-0.05, 0) is 36.5 Å². The van der Waals surface area contributed by atoms with Crippen molar-refractivity contribution in [1.82, 2.24) is 9.80 Å². The van der Waals surface area contributed by atoms with Gasteiger partial charge in [-0.15, -0.1) is 0 Å². The van der Waals surface area contributed by atoms with Crippen LogP contribution in [0.25, 0.3) is 0 Å². The van der Waals surface area contributed by atoms with Crippen LogP contribution in [0, 0.1) is 5.92 Å². The van der Waals surface area contributed by atoms with Crippen LogP contribution in [-0.2, 0) is 6.54 Å². The Hall–Kier alpha value is -0.380. The van der Waals surface area contributed by atoms with Gasteiger partial charge in [0, 0.05) is 43.2 Å². The Labute approximate surface area is 137 Å². The third-order valence-corrected chi connectivity index (χ3v) is 5.62. The molecule has 2 nitrogen and oxygen atoms in total. The molecule has 0 spiro atoms. The summed E-state index contributed by atoms with van der Waals surface area (Å²) in [4.78, 5) is 5.36. The molecule has 0 bridgehead atoms. The van der Waals surface area contributed by atoms with Crippen LogP contribution in [0.5, 0.6) is 0 Å². The summed E-state index contributed by atoms with van der Waals surface area (Å²) in [6, 6.07) is 9.58. The van der Waals surface area contributed by atoms with Crippen LogP contribution in [0.3, 0.4) is 0 Å². The molecule has 21 heavy (non-hydrogen) atoms. The summed E-state index contributed by atoms with van der Waals surface area (Å²) in [5.41, 5.74) is 1.42. The van der Waals surface area contributed by atoms with Crippen LogP contribution in [0.2, 0.25) is 0 Å². The number of rotatable bonds is 3. The van der Waals surface area contributed by atoms with Crippen molar-refractivity contribution in [3.05, 3.63) is 34.3 Å². The summed E-state index contributed by atoms with van der Waals surface area (Å²) in [5, 5.41) is 0. The fourth-order valence-electron chi connectivity index (χ4n) is 3.91. The lowest BCUT2D eigenvalue weighted by Gasteiger charge is -2.42. The quantitative estimate of drug-likeness (QED) is 0.807. The summed E-state index contributed by atoms with van der Waals surface area (Å²) in [7, 11) is 0. The number of hydrogen-bond donors (Lipinski definition) is 0. The van der Waals surface area contributed by atoms with Crippen molar-refractivity contribution in [3.8, 4) is 0 Å². The number of benzene rings is 1. The highest BCUT2D eigenvalue weighted by Gasteiger charge is 2.27. The smallest absolute Gasteiger partial charge is 0.0235 e. The highest BCUT2D eigenvalue weighted by molar-refractivity contribution is 9.10. The molecule has 1 aliphatic heterocycles. The molecule has 3 rings (SSSR count). The molecule has 1 saturated carbocycles. The molecule has 1 aromatic rings. The summed E-state index contributed by atoms with van der Waals surface area (Å²) in [5.74, 6) is 0.934. The highest BCUT2D eigenvalue weighted by Crippen LogP contribution is 2.28. The molecule has 2 aliphatic rings. The Balaban J connectivity index is 1.48. The first kappa shape index (κ1) is 15.5. The minimum Gasteiger partial charge on any atom is -0.298 e. The van der Waals surface area contributed by atoms with Crippen molar-refractivity contribution in [2.45, 2.75) is 45.2 Å². The second kappa shape index (κ2) is 7.26. The van der Waals surface area contributed by atoms with E-state index in [0.29, 0.717) is 0 Å². The first-order valence-electron chi connectivity index (χ1n) is 8.41. The van der Waals surface area contributed by atoms with E-state index in [9.17, 15) is 0 Å².